The van der Waals surface area contributed by atoms with Crippen LogP contribution in [0.15, 0.2) is 42.5 Å². The van der Waals surface area contributed by atoms with Crippen LogP contribution in [0.25, 0.3) is 11.1 Å². The van der Waals surface area contributed by atoms with Crippen molar-refractivity contribution in [3.8, 4) is 11.1 Å². The highest BCUT2D eigenvalue weighted by molar-refractivity contribution is 7.90. The Labute approximate surface area is 263 Å². The Morgan fingerprint density at radius 1 is 1.07 bits per heavy atom. The third-order valence-corrected chi connectivity index (χ3v) is 9.65. The number of carboxylic acids is 1. The molecule has 2 aliphatic rings. The Balaban J connectivity index is 0.00000529. The number of carboxylic acid groups (broad SMARTS) is 1. The third kappa shape index (κ3) is 10.1. The summed E-state index contributed by atoms with van der Waals surface area (Å²) in [6.45, 7) is 4.87. The fourth-order valence-corrected chi connectivity index (χ4v) is 6.95. The molecule has 0 spiro atoms. The Morgan fingerprint density at radius 2 is 1.80 bits per heavy atom. The zero-order chi connectivity index (χ0) is 31.0. The van der Waals surface area contributed by atoms with Crippen molar-refractivity contribution in [1.82, 2.24) is 10.2 Å². The number of nitrogens with zero attached hydrogens (tertiary/aromatic N) is 1. The fourth-order valence-electron chi connectivity index (χ4n) is 6.29. The maximum atomic E-state index is 13.5. The number of amides is 1. The zero-order valence-corrected chi connectivity index (χ0v) is 26.4. The van der Waals surface area contributed by atoms with Crippen molar-refractivity contribution in [2.75, 3.05) is 38.9 Å². The summed E-state index contributed by atoms with van der Waals surface area (Å²) in [5, 5.41) is 12.2. The molecule has 44 heavy (non-hydrogen) atoms. The number of aliphatic carboxylic acids is 1. The van der Waals surface area contributed by atoms with Crippen LogP contribution in [0, 0.1) is 12.8 Å². The summed E-state index contributed by atoms with van der Waals surface area (Å²) in [6, 6.07) is 12.3. The van der Waals surface area contributed by atoms with E-state index in [4.69, 9.17) is 9.47 Å². The van der Waals surface area contributed by atoms with Gasteiger partial charge < -0.3 is 19.9 Å². The van der Waals surface area contributed by atoms with Gasteiger partial charge in [-0.15, -0.1) is 0 Å². The molecule has 0 radical (unpaired) electrons. The molecule has 0 unspecified atom stereocenters. The molecule has 244 valence electrons. The van der Waals surface area contributed by atoms with Crippen molar-refractivity contribution in [3.63, 3.8) is 0 Å². The molecule has 1 amide bonds. The first kappa shape index (κ1) is 35.7. The summed E-state index contributed by atoms with van der Waals surface area (Å²) in [5.41, 5.74) is 3.92. The number of methoxy groups -OCH3 is 1. The van der Waals surface area contributed by atoms with Crippen LogP contribution in [0.5, 0.6) is 0 Å². The molecular weight excluding hydrogens is 580 g/mol. The molecule has 10 heteroatoms. The van der Waals surface area contributed by atoms with Gasteiger partial charge in [0.05, 0.1) is 18.5 Å². The minimum absolute atomic E-state index is 0. The zero-order valence-electron chi connectivity index (χ0n) is 25.6. The van der Waals surface area contributed by atoms with Crippen molar-refractivity contribution in [2.45, 2.75) is 84.0 Å². The summed E-state index contributed by atoms with van der Waals surface area (Å²) in [6.07, 6.45) is 8.34. The summed E-state index contributed by atoms with van der Waals surface area (Å²) in [4.78, 5) is 27.7. The van der Waals surface area contributed by atoms with Gasteiger partial charge in [0.15, 0.2) is 0 Å². The monoisotopic (exact) mass is 630 g/mol. The van der Waals surface area contributed by atoms with Crippen LogP contribution < -0.4 is 5.32 Å². The van der Waals surface area contributed by atoms with Gasteiger partial charge in [-0.3, -0.25) is 9.69 Å². The van der Waals surface area contributed by atoms with Gasteiger partial charge in [0.1, 0.15) is 15.9 Å². The first-order valence-electron chi connectivity index (χ1n) is 15.3. The van der Waals surface area contributed by atoms with Crippen molar-refractivity contribution in [1.29, 1.82) is 0 Å². The molecule has 1 heterocycles. The van der Waals surface area contributed by atoms with Gasteiger partial charge in [-0.2, -0.15) is 0 Å². The molecule has 2 aromatic carbocycles. The smallest absolute Gasteiger partial charge is 0.326 e. The molecule has 2 aromatic rings. The maximum absolute atomic E-state index is 13.5. The first-order chi connectivity index (χ1) is 20.5. The third-order valence-electron chi connectivity index (χ3n) is 8.67. The van der Waals surface area contributed by atoms with Gasteiger partial charge in [0, 0.05) is 44.7 Å². The second-order valence-electron chi connectivity index (χ2n) is 12.2. The van der Waals surface area contributed by atoms with Crippen LogP contribution in [0.3, 0.4) is 0 Å². The molecule has 1 saturated carbocycles. The highest BCUT2D eigenvalue weighted by Gasteiger charge is 2.33. The van der Waals surface area contributed by atoms with E-state index >= 15 is 0 Å². The van der Waals surface area contributed by atoms with E-state index in [2.05, 4.69) is 10.2 Å². The Hall–Kier alpha value is -2.79. The summed E-state index contributed by atoms with van der Waals surface area (Å²) in [7, 11) is -1.67. The Bertz CT molecular complexity index is 1360. The number of benzene rings is 2. The van der Waals surface area contributed by atoms with Crippen LogP contribution in [-0.4, -0.2) is 87.4 Å². The summed E-state index contributed by atoms with van der Waals surface area (Å²) in [5.74, 6) is -1.51. The van der Waals surface area contributed by atoms with E-state index in [0.29, 0.717) is 30.2 Å². The lowest BCUT2D eigenvalue weighted by Gasteiger charge is -2.25. The number of ether oxygens (including phenoxy) is 2. The average Bonchev–Trinajstić information content (AvgIpc) is 3.35. The standard InChI is InChI=1S/C33H46N2O7S.CH4/c1-23-9-7-8-12-28(23)30-17-25(13-14-29(30)32(36)34-31(33(37)38)15-16-43(3,39)40)19-35-20-27(18-26(35)22-41-2)42-21-24-10-5-4-6-11-24;/h7-9,12-14,17,24,26-27,31H,4-6,10-11,15-16,18-22H2,1-3H3,(H,34,36)(H,37,38);1H4/t26-,27-,31+;/m1./s1. The van der Waals surface area contributed by atoms with E-state index in [1.807, 2.05) is 43.3 Å². The van der Waals surface area contributed by atoms with E-state index < -0.39 is 27.8 Å². The molecule has 1 aliphatic heterocycles. The van der Waals surface area contributed by atoms with Gasteiger partial charge in [0.25, 0.3) is 5.91 Å². The van der Waals surface area contributed by atoms with Crippen LogP contribution in [0.2, 0.25) is 0 Å². The molecule has 0 bridgehead atoms. The molecule has 1 aliphatic carbocycles. The quantitative estimate of drug-likeness (QED) is 0.296. The van der Waals surface area contributed by atoms with Crippen molar-refractivity contribution >= 4 is 21.7 Å². The Morgan fingerprint density at radius 3 is 2.45 bits per heavy atom. The van der Waals surface area contributed by atoms with Crippen molar-refractivity contribution in [2.24, 2.45) is 5.92 Å². The molecule has 2 N–H and O–H groups in total. The minimum Gasteiger partial charge on any atom is -0.480 e. The van der Waals surface area contributed by atoms with E-state index in [-0.39, 0.29) is 31.7 Å². The number of nitrogens with one attached hydrogen (secondary N) is 1. The lowest BCUT2D eigenvalue weighted by molar-refractivity contribution is -0.139. The lowest BCUT2D eigenvalue weighted by Crippen LogP contribution is -2.42. The molecule has 1 saturated heterocycles. The molecule has 3 atom stereocenters. The second-order valence-corrected chi connectivity index (χ2v) is 14.5. The van der Waals surface area contributed by atoms with E-state index in [9.17, 15) is 23.1 Å². The van der Waals surface area contributed by atoms with Gasteiger partial charge in [-0.05, 0) is 72.9 Å². The van der Waals surface area contributed by atoms with Gasteiger partial charge in [0.2, 0.25) is 0 Å². The Kier molecular flexibility index (Phi) is 13.4. The number of hydrogen-bond donors (Lipinski definition) is 2. The first-order valence-corrected chi connectivity index (χ1v) is 17.3. The largest absolute Gasteiger partial charge is 0.480 e. The number of likely N-dealkylation sites (tertiary alicyclic amines) is 1. The summed E-state index contributed by atoms with van der Waals surface area (Å²) >= 11 is 0. The maximum Gasteiger partial charge on any atom is 0.326 e. The molecular formula is C34H50N2O7S. The van der Waals surface area contributed by atoms with E-state index in [1.54, 1.807) is 13.2 Å². The fraction of sp³-hybridized carbons (Fsp3) is 0.588. The van der Waals surface area contributed by atoms with Gasteiger partial charge in [-0.1, -0.05) is 57.0 Å². The van der Waals surface area contributed by atoms with Crippen LogP contribution in [-0.2, 0) is 30.7 Å². The van der Waals surface area contributed by atoms with Crippen molar-refractivity contribution in [3.05, 3.63) is 59.2 Å². The van der Waals surface area contributed by atoms with Gasteiger partial charge in [-0.25, -0.2) is 13.2 Å². The highest BCUT2D eigenvalue weighted by atomic mass is 32.2. The summed E-state index contributed by atoms with van der Waals surface area (Å²) < 4.78 is 35.2. The van der Waals surface area contributed by atoms with E-state index in [0.717, 1.165) is 42.5 Å². The number of hydrogen-bond acceptors (Lipinski definition) is 7. The van der Waals surface area contributed by atoms with Crippen LogP contribution in [0.1, 0.15) is 73.9 Å². The highest BCUT2D eigenvalue weighted by Crippen LogP contribution is 2.31. The number of aryl methyl sites for hydroxylation is 1. The average molecular weight is 631 g/mol. The van der Waals surface area contributed by atoms with Crippen LogP contribution in [0.4, 0.5) is 0 Å². The normalized spacial score (nSPS) is 20.2. The predicted octanol–water partition coefficient (Wildman–Crippen LogP) is 5.10. The SMILES string of the molecule is C.COC[C@H]1C[C@@H](OCC2CCCCC2)CN1Cc1ccc(C(=O)N[C@@H](CCS(C)(=O)=O)C(=O)O)c(-c2ccccc2C)c1. The molecule has 2 fully saturated rings. The predicted molar refractivity (Wildman–Crippen MR) is 174 cm³/mol. The number of carbonyl (C=O) groups excluding carboxylic acids is 1. The van der Waals surface area contributed by atoms with Crippen LogP contribution >= 0.6 is 0 Å². The molecule has 4 rings (SSSR count). The lowest BCUT2D eigenvalue weighted by atomic mass is 9.90. The topological polar surface area (TPSA) is 122 Å². The minimum atomic E-state index is -3.39. The van der Waals surface area contributed by atoms with Crippen molar-refractivity contribution < 1.29 is 32.6 Å². The molecule has 9 nitrogen and oxygen atoms in total. The second kappa shape index (κ2) is 16.5. The molecule has 0 aromatic heterocycles. The number of sulfone groups is 1. The van der Waals surface area contributed by atoms with E-state index in [1.165, 1.54) is 32.1 Å². The number of rotatable bonds is 14. The van der Waals surface area contributed by atoms with Gasteiger partial charge >= 0.3 is 5.97 Å². The number of carbonyl (C=O) groups is 2.